The van der Waals surface area contributed by atoms with Crippen LogP contribution in [0.25, 0.3) is 0 Å². The van der Waals surface area contributed by atoms with Gasteiger partial charge in [0.05, 0.1) is 24.3 Å². The topological polar surface area (TPSA) is 48.0 Å². The van der Waals surface area contributed by atoms with Crippen LogP contribution in [0.1, 0.15) is 24.0 Å². The third-order valence-electron chi connectivity index (χ3n) is 4.61. The molecule has 2 fully saturated rings. The number of benzene rings is 1. The molecular formula is C17H17F6NO4. The summed E-state index contributed by atoms with van der Waals surface area (Å²) < 4.78 is 93.1. The number of hydrogen-bond acceptors (Lipinski definition) is 4. The molecule has 1 amide bonds. The zero-order valence-corrected chi connectivity index (χ0v) is 14.5. The van der Waals surface area contributed by atoms with Crippen molar-refractivity contribution in [2.45, 2.75) is 31.0 Å². The van der Waals surface area contributed by atoms with E-state index in [1.807, 2.05) is 0 Å². The number of halogens is 6. The Hall–Kier alpha value is -2.01. The van der Waals surface area contributed by atoms with E-state index in [0.717, 1.165) is 0 Å². The Morgan fingerprint density at radius 1 is 0.964 bits per heavy atom. The molecule has 3 rings (SSSR count). The van der Waals surface area contributed by atoms with Crippen molar-refractivity contribution >= 4 is 5.91 Å². The Kier molecular flexibility index (Phi) is 5.50. The minimum atomic E-state index is -4.98. The van der Waals surface area contributed by atoms with Gasteiger partial charge < -0.3 is 19.1 Å². The summed E-state index contributed by atoms with van der Waals surface area (Å²) in [6.45, 7) is 0.840. The van der Waals surface area contributed by atoms with Crippen molar-refractivity contribution in [1.82, 2.24) is 4.90 Å². The summed E-state index contributed by atoms with van der Waals surface area (Å²) >= 11 is 0. The third-order valence-corrected chi connectivity index (χ3v) is 4.61. The number of hydrogen-bond donors (Lipinski definition) is 0. The van der Waals surface area contributed by atoms with Gasteiger partial charge in [0, 0.05) is 25.9 Å². The molecule has 1 spiro atoms. The second-order valence-corrected chi connectivity index (χ2v) is 6.52. The molecule has 0 radical (unpaired) electrons. The summed E-state index contributed by atoms with van der Waals surface area (Å²) in [7, 11) is 0. The minimum absolute atomic E-state index is 0.000361. The molecule has 2 aliphatic rings. The first-order valence-corrected chi connectivity index (χ1v) is 8.47. The van der Waals surface area contributed by atoms with E-state index in [0.29, 0.717) is 51.3 Å². The fourth-order valence-corrected chi connectivity index (χ4v) is 3.13. The lowest BCUT2D eigenvalue weighted by atomic mass is 10.0. The first kappa shape index (κ1) is 20.7. The van der Waals surface area contributed by atoms with E-state index in [9.17, 15) is 31.1 Å². The van der Waals surface area contributed by atoms with Crippen LogP contribution in [0.3, 0.4) is 0 Å². The molecule has 1 aromatic rings. The lowest BCUT2D eigenvalue weighted by molar-refractivity contribution is -0.187. The molecule has 2 aliphatic heterocycles. The molecule has 0 atom stereocenters. The molecule has 2 heterocycles. The third kappa shape index (κ3) is 4.69. The average molecular weight is 413 g/mol. The maximum atomic E-state index is 12.8. The molecule has 0 aromatic heterocycles. The fourth-order valence-electron chi connectivity index (χ4n) is 3.13. The van der Waals surface area contributed by atoms with E-state index < -0.39 is 47.5 Å². The Labute approximate surface area is 156 Å². The molecule has 0 aliphatic carbocycles. The smallest absolute Gasteiger partial charge is 0.416 e. The fraction of sp³-hybridized carbons (Fsp3) is 0.588. The van der Waals surface area contributed by atoms with Crippen molar-refractivity contribution in [2.75, 3.05) is 32.9 Å². The number of carbonyl (C=O) groups excluding carboxylic acids is 1. The normalized spacial score (nSPS) is 19.9. The number of piperidine rings is 1. The molecule has 1 aromatic carbocycles. The summed E-state index contributed by atoms with van der Waals surface area (Å²) in [5.74, 6) is -1.93. The molecule has 5 nitrogen and oxygen atoms in total. The highest BCUT2D eigenvalue weighted by molar-refractivity contribution is 5.77. The number of ether oxygens (including phenoxy) is 3. The molecule has 0 N–H and O–H groups in total. The molecule has 0 unspecified atom stereocenters. The van der Waals surface area contributed by atoms with Crippen LogP contribution in [0, 0.1) is 0 Å². The molecule has 156 valence electrons. The van der Waals surface area contributed by atoms with Crippen LogP contribution in [0.4, 0.5) is 26.3 Å². The highest BCUT2D eigenvalue weighted by Gasteiger charge is 2.41. The maximum absolute atomic E-state index is 12.8. The van der Waals surface area contributed by atoms with E-state index in [1.54, 1.807) is 0 Å². The van der Waals surface area contributed by atoms with Crippen molar-refractivity contribution in [2.24, 2.45) is 0 Å². The number of rotatable bonds is 3. The summed E-state index contributed by atoms with van der Waals surface area (Å²) in [6.07, 6.45) is -9.10. The van der Waals surface area contributed by atoms with E-state index in [1.165, 1.54) is 4.90 Å². The standard InChI is InChI=1S/C17H17F6NO4/c18-16(19,20)11-7-12(17(21,22)23)9-13(8-11)26-10-14(25)24-3-1-15(2-4-24)27-5-6-28-15/h7-9H,1-6,10H2. The monoisotopic (exact) mass is 413 g/mol. The van der Waals surface area contributed by atoms with Crippen molar-refractivity contribution in [3.63, 3.8) is 0 Å². The van der Waals surface area contributed by atoms with Gasteiger partial charge in [-0.1, -0.05) is 0 Å². The van der Waals surface area contributed by atoms with Gasteiger partial charge in [-0.15, -0.1) is 0 Å². The van der Waals surface area contributed by atoms with Crippen LogP contribution < -0.4 is 4.74 Å². The van der Waals surface area contributed by atoms with Crippen molar-refractivity contribution in [3.8, 4) is 5.75 Å². The highest BCUT2D eigenvalue weighted by Crippen LogP contribution is 2.38. The Bertz CT molecular complexity index is 685. The van der Waals surface area contributed by atoms with Crippen molar-refractivity contribution in [3.05, 3.63) is 29.3 Å². The molecular weight excluding hydrogens is 396 g/mol. The number of amides is 1. The van der Waals surface area contributed by atoms with Gasteiger partial charge in [0.1, 0.15) is 5.75 Å². The molecule has 28 heavy (non-hydrogen) atoms. The SMILES string of the molecule is O=C(COc1cc(C(F)(F)F)cc(C(F)(F)F)c1)N1CCC2(CC1)OCCO2. The van der Waals surface area contributed by atoms with E-state index in [2.05, 4.69) is 0 Å². The van der Waals surface area contributed by atoms with Gasteiger partial charge in [-0.3, -0.25) is 4.79 Å². The predicted molar refractivity (Wildman–Crippen MR) is 82.4 cm³/mol. The predicted octanol–water partition coefficient (Wildman–Crippen LogP) is 3.47. The van der Waals surface area contributed by atoms with Crippen LogP contribution in [0.2, 0.25) is 0 Å². The summed E-state index contributed by atoms with van der Waals surface area (Å²) in [5, 5.41) is 0. The van der Waals surface area contributed by atoms with Gasteiger partial charge >= 0.3 is 12.4 Å². The Morgan fingerprint density at radius 3 is 1.93 bits per heavy atom. The van der Waals surface area contributed by atoms with Crippen LogP contribution >= 0.6 is 0 Å². The van der Waals surface area contributed by atoms with E-state index >= 15 is 0 Å². The largest absolute Gasteiger partial charge is 0.484 e. The number of alkyl halides is 6. The maximum Gasteiger partial charge on any atom is 0.416 e. The number of likely N-dealkylation sites (tertiary alicyclic amines) is 1. The Morgan fingerprint density at radius 2 is 1.46 bits per heavy atom. The summed E-state index contributed by atoms with van der Waals surface area (Å²) in [5.41, 5.74) is -3.00. The van der Waals surface area contributed by atoms with Gasteiger partial charge in [0.15, 0.2) is 12.4 Å². The van der Waals surface area contributed by atoms with Gasteiger partial charge in [0.25, 0.3) is 5.91 Å². The quantitative estimate of drug-likeness (QED) is 0.713. The minimum Gasteiger partial charge on any atom is -0.484 e. The van der Waals surface area contributed by atoms with E-state index in [-0.39, 0.29) is 6.07 Å². The molecule has 11 heteroatoms. The zero-order valence-electron chi connectivity index (χ0n) is 14.5. The first-order valence-electron chi connectivity index (χ1n) is 8.47. The number of carbonyl (C=O) groups is 1. The second-order valence-electron chi connectivity index (χ2n) is 6.52. The van der Waals surface area contributed by atoms with Crippen molar-refractivity contribution in [1.29, 1.82) is 0 Å². The Balaban J connectivity index is 1.64. The van der Waals surface area contributed by atoms with Crippen molar-refractivity contribution < 1.29 is 45.3 Å². The average Bonchev–Trinajstić information content (AvgIpc) is 3.06. The van der Waals surface area contributed by atoms with Crippen LogP contribution in [-0.2, 0) is 26.6 Å². The van der Waals surface area contributed by atoms with Gasteiger partial charge in [0.2, 0.25) is 0 Å². The molecule has 0 bridgehead atoms. The summed E-state index contributed by atoms with van der Waals surface area (Å²) in [6, 6.07) is 0.877. The van der Waals surface area contributed by atoms with Gasteiger partial charge in [-0.25, -0.2) is 0 Å². The lowest BCUT2D eigenvalue weighted by Crippen LogP contribution is -2.48. The number of nitrogens with zero attached hydrogens (tertiary/aromatic N) is 1. The zero-order chi connectivity index (χ0) is 20.6. The lowest BCUT2D eigenvalue weighted by Gasteiger charge is -2.37. The summed E-state index contributed by atoms with van der Waals surface area (Å²) in [4.78, 5) is 13.6. The van der Waals surface area contributed by atoms with E-state index in [4.69, 9.17) is 14.2 Å². The van der Waals surface area contributed by atoms with Crippen LogP contribution in [-0.4, -0.2) is 49.5 Å². The molecule has 0 saturated carbocycles. The van der Waals surface area contributed by atoms with Crippen LogP contribution in [0.15, 0.2) is 18.2 Å². The van der Waals surface area contributed by atoms with Crippen LogP contribution in [0.5, 0.6) is 5.75 Å². The second kappa shape index (κ2) is 7.43. The van der Waals surface area contributed by atoms with Gasteiger partial charge in [-0.2, -0.15) is 26.3 Å². The highest BCUT2D eigenvalue weighted by atomic mass is 19.4. The first-order chi connectivity index (χ1) is 13.0. The van der Waals surface area contributed by atoms with Gasteiger partial charge in [-0.05, 0) is 18.2 Å². The molecule has 2 saturated heterocycles.